The van der Waals surface area contributed by atoms with Gasteiger partial charge in [-0.25, -0.2) is 19.0 Å². The highest BCUT2D eigenvalue weighted by Gasteiger charge is 2.40. The molecule has 0 N–H and O–H groups in total. The molecule has 0 aliphatic carbocycles. The molecule has 3 heterocycles. The molecule has 2 amide bonds. The molecule has 142 valence electrons. The summed E-state index contributed by atoms with van der Waals surface area (Å²) in [5.41, 5.74) is 3.64. The van der Waals surface area contributed by atoms with E-state index >= 15 is 0 Å². The first kappa shape index (κ1) is 17.2. The van der Waals surface area contributed by atoms with E-state index in [0.717, 1.165) is 10.5 Å². The van der Waals surface area contributed by atoms with Gasteiger partial charge in [-0.15, -0.1) is 0 Å². The Morgan fingerprint density at radius 2 is 1.62 bits per heavy atom. The molecular weight excluding hydrogens is 371 g/mol. The van der Waals surface area contributed by atoms with Gasteiger partial charge < -0.3 is 0 Å². The lowest BCUT2D eigenvalue weighted by molar-refractivity contribution is 0.0926. The van der Waals surface area contributed by atoms with Gasteiger partial charge in [-0.3, -0.25) is 9.59 Å². The number of fused-ring (bicyclic) bond motifs is 3. The van der Waals surface area contributed by atoms with Crippen molar-refractivity contribution >= 4 is 28.5 Å². The highest BCUT2D eigenvalue weighted by Crippen LogP contribution is 2.37. The van der Waals surface area contributed by atoms with Crippen molar-refractivity contribution in [2.45, 2.75) is 6.92 Å². The lowest BCUT2D eigenvalue weighted by Crippen LogP contribution is -2.29. The van der Waals surface area contributed by atoms with Crippen LogP contribution in [0.4, 0.5) is 10.1 Å². The SMILES string of the molecule is Cc1ccc(N2C(=O)c3cnc4c(c(-c5ccc(F)cc5)nn4C)c3C2=O)cc1. The molecule has 29 heavy (non-hydrogen) atoms. The molecule has 0 saturated heterocycles. The van der Waals surface area contributed by atoms with Gasteiger partial charge >= 0.3 is 0 Å². The zero-order valence-electron chi connectivity index (χ0n) is 15.7. The van der Waals surface area contributed by atoms with Gasteiger partial charge in [0.2, 0.25) is 0 Å². The highest BCUT2D eigenvalue weighted by atomic mass is 19.1. The summed E-state index contributed by atoms with van der Waals surface area (Å²) >= 11 is 0. The van der Waals surface area contributed by atoms with E-state index in [9.17, 15) is 14.0 Å². The molecular formula is C22H15FN4O2. The molecule has 0 saturated carbocycles. The predicted octanol–water partition coefficient (Wildman–Crippen LogP) is 3.88. The first-order valence-corrected chi connectivity index (χ1v) is 9.03. The Kier molecular flexibility index (Phi) is 3.61. The average molecular weight is 386 g/mol. The number of hydrogen-bond donors (Lipinski definition) is 0. The number of nitrogens with zero attached hydrogens (tertiary/aromatic N) is 4. The van der Waals surface area contributed by atoms with E-state index in [-0.39, 0.29) is 16.9 Å². The zero-order chi connectivity index (χ0) is 20.3. The van der Waals surface area contributed by atoms with E-state index in [1.54, 1.807) is 36.0 Å². The fourth-order valence-corrected chi connectivity index (χ4v) is 3.67. The largest absolute Gasteiger partial charge is 0.268 e. The van der Waals surface area contributed by atoms with E-state index in [1.165, 1.54) is 18.3 Å². The van der Waals surface area contributed by atoms with Crippen LogP contribution in [0.2, 0.25) is 0 Å². The lowest BCUT2D eigenvalue weighted by atomic mass is 10.0. The fourth-order valence-electron chi connectivity index (χ4n) is 3.67. The number of rotatable bonds is 2. The molecule has 0 fully saturated rings. The second-order valence-electron chi connectivity index (χ2n) is 7.01. The number of anilines is 1. The normalized spacial score (nSPS) is 13.4. The Morgan fingerprint density at radius 1 is 0.931 bits per heavy atom. The number of halogens is 1. The van der Waals surface area contributed by atoms with Crippen molar-refractivity contribution in [3.05, 3.63) is 77.2 Å². The number of pyridine rings is 1. The summed E-state index contributed by atoms with van der Waals surface area (Å²) < 4.78 is 14.9. The minimum Gasteiger partial charge on any atom is -0.268 e. The maximum atomic E-state index is 13.4. The van der Waals surface area contributed by atoms with Crippen LogP contribution in [0.25, 0.3) is 22.3 Å². The number of hydrogen-bond acceptors (Lipinski definition) is 4. The van der Waals surface area contributed by atoms with E-state index < -0.39 is 11.8 Å². The number of aryl methyl sites for hydroxylation is 2. The molecule has 7 heteroatoms. The lowest BCUT2D eigenvalue weighted by Gasteiger charge is -2.13. The average Bonchev–Trinajstić information content (AvgIpc) is 3.18. The third kappa shape index (κ3) is 2.47. The summed E-state index contributed by atoms with van der Waals surface area (Å²) in [6.07, 6.45) is 1.42. The van der Waals surface area contributed by atoms with Crippen molar-refractivity contribution in [2.24, 2.45) is 7.05 Å². The molecule has 5 rings (SSSR count). The molecule has 2 aromatic heterocycles. The van der Waals surface area contributed by atoms with Gasteiger partial charge in [-0.1, -0.05) is 17.7 Å². The number of amides is 2. The summed E-state index contributed by atoms with van der Waals surface area (Å²) in [5.74, 6) is -1.20. The maximum Gasteiger partial charge on any atom is 0.267 e. The van der Waals surface area contributed by atoms with Crippen LogP contribution in [0.15, 0.2) is 54.7 Å². The molecule has 0 atom stereocenters. The van der Waals surface area contributed by atoms with Crippen molar-refractivity contribution in [1.82, 2.24) is 14.8 Å². The topological polar surface area (TPSA) is 68.1 Å². The molecule has 1 aliphatic heterocycles. The van der Waals surface area contributed by atoms with Crippen LogP contribution in [0.5, 0.6) is 0 Å². The van der Waals surface area contributed by atoms with Gasteiger partial charge in [0.25, 0.3) is 11.8 Å². The van der Waals surface area contributed by atoms with Crippen LogP contribution >= 0.6 is 0 Å². The molecule has 0 unspecified atom stereocenters. The van der Waals surface area contributed by atoms with Crippen LogP contribution in [-0.4, -0.2) is 26.6 Å². The Bertz CT molecular complexity index is 1310. The van der Waals surface area contributed by atoms with E-state index in [2.05, 4.69) is 10.1 Å². The molecule has 6 nitrogen and oxygen atoms in total. The summed E-state index contributed by atoms with van der Waals surface area (Å²) in [7, 11) is 1.72. The quantitative estimate of drug-likeness (QED) is 0.490. The summed E-state index contributed by atoms with van der Waals surface area (Å²) in [6, 6.07) is 13.0. The van der Waals surface area contributed by atoms with Gasteiger partial charge in [-0.2, -0.15) is 5.10 Å². The minimum absolute atomic E-state index is 0.236. The number of benzene rings is 2. The van der Waals surface area contributed by atoms with Crippen LogP contribution in [0, 0.1) is 12.7 Å². The third-order valence-electron chi connectivity index (χ3n) is 5.11. The number of carbonyl (C=O) groups excluding carboxylic acids is 2. The van der Waals surface area contributed by atoms with Crippen molar-refractivity contribution in [1.29, 1.82) is 0 Å². The van der Waals surface area contributed by atoms with E-state index in [1.807, 2.05) is 19.1 Å². The molecule has 1 aliphatic rings. The first-order valence-electron chi connectivity index (χ1n) is 9.03. The van der Waals surface area contributed by atoms with Gasteiger partial charge in [0, 0.05) is 18.8 Å². The van der Waals surface area contributed by atoms with Crippen molar-refractivity contribution < 1.29 is 14.0 Å². The second-order valence-corrected chi connectivity index (χ2v) is 7.01. The van der Waals surface area contributed by atoms with Crippen LogP contribution in [0.1, 0.15) is 26.3 Å². The van der Waals surface area contributed by atoms with Crippen LogP contribution in [-0.2, 0) is 7.05 Å². The van der Waals surface area contributed by atoms with Crippen molar-refractivity contribution in [2.75, 3.05) is 4.90 Å². The second kappa shape index (κ2) is 6.07. The molecule has 0 spiro atoms. The number of carbonyl (C=O) groups is 2. The monoisotopic (exact) mass is 386 g/mol. The van der Waals surface area contributed by atoms with Crippen LogP contribution in [0.3, 0.4) is 0 Å². The molecule has 2 aromatic carbocycles. The minimum atomic E-state index is -0.419. The number of aromatic nitrogens is 3. The van der Waals surface area contributed by atoms with Gasteiger partial charge in [0.1, 0.15) is 11.5 Å². The Morgan fingerprint density at radius 3 is 2.31 bits per heavy atom. The van der Waals surface area contributed by atoms with Gasteiger partial charge in [0.05, 0.1) is 22.2 Å². The fraction of sp³-hybridized carbons (Fsp3) is 0.0909. The molecule has 0 radical (unpaired) electrons. The van der Waals surface area contributed by atoms with E-state index in [4.69, 9.17) is 0 Å². The Balaban J connectivity index is 1.75. The Hall–Kier alpha value is -3.87. The molecule has 4 aromatic rings. The summed E-state index contributed by atoms with van der Waals surface area (Å²) in [5, 5.41) is 4.98. The smallest absolute Gasteiger partial charge is 0.267 e. The third-order valence-corrected chi connectivity index (χ3v) is 5.11. The van der Waals surface area contributed by atoms with Crippen LogP contribution < -0.4 is 4.90 Å². The van der Waals surface area contributed by atoms with Crippen molar-refractivity contribution in [3.8, 4) is 11.3 Å². The van der Waals surface area contributed by atoms with Crippen molar-refractivity contribution in [3.63, 3.8) is 0 Å². The number of imide groups is 1. The first-order chi connectivity index (χ1) is 14.0. The summed E-state index contributed by atoms with van der Waals surface area (Å²) in [6.45, 7) is 1.93. The summed E-state index contributed by atoms with van der Waals surface area (Å²) in [4.78, 5) is 31.9. The standard InChI is InChI=1S/C22H15FN4O2/c1-12-3-9-15(10-4-12)27-21(28)16-11-24-20-18(17(16)22(27)29)19(25-26(20)2)13-5-7-14(23)8-6-13/h3-11H,1-2H3. The highest BCUT2D eigenvalue weighted by molar-refractivity contribution is 6.38. The predicted molar refractivity (Wildman–Crippen MR) is 106 cm³/mol. The molecule has 0 bridgehead atoms. The van der Waals surface area contributed by atoms with Gasteiger partial charge in [-0.05, 0) is 43.3 Å². The van der Waals surface area contributed by atoms with Gasteiger partial charge in [0.15, 0.2) is 5.65 Å². The van der Waals surface area contributed by atoms with E-state index in [0.29, 0.717) is 28.0 Å². The zero-order valence-corrected chi connectivity index (χ0v) is 15.7. The maximum absolute atomic E-state index is 13.4. The Labute approximate surface area is 165 Å².